The number of thiazole rings is 1. The molecule has 2 aromatic heterocycles. The van der Waals surface area contributed by atoms with Crippen molar-refractivity contribution in [2.45, 2.75) is 37.6 Å². The highest BCUT2D eigenvalue weighted by Gasteiger charge is 2.42. The van der Waals surface area contributed by atoms with E-state index in [1.54, 1.807) is 6.33 Å². The van der Waals surface area contributed by atoms with E-state index in [9.17, 15) is 4.79 Å². The number of likely N-dealkylation sites (tertiary alicyclic amines) is 1. The third-order valence-corrected chi connectivity index (χ3v) is 7.10. The minimum Gasteiger partial charge on any atom is -0.375 e. The number of carbonyl (C=O) groups excluding carboxylic acids is 1. The maximum absolute atomic E-state index is 13.2. The molecule has 2 N–H and O–H groups in total. The van der Waals surface area contributed by atoms with E-state index in [1.807, 2.05) is 15.6 Å². The fourth-order valence-electron chi connectivity index (χ4n) is 4.77. The van der Waals surface area contributed by atoms with E-state index in [0.29, 0.717) is 11.6 Å². The lowest BCUT2D eigenvalue weighted by atomic mass is 9.70. The van der Waals surface area contributed by atoms with E-state index in [-0.39, 0.29) is 17.2 Å². The molecule has 150 valence electrons. The van der Waals surface area contributed by atoms with Crippen LogP contribution in [-0.2, 0) is 23.2 Å². The summed E-state index contributed by atoms with van der Waals surface area (Å²) in [4.78, 5) is 24.2. The predicted molar refractivity (Wildman–Crippen MR) is 111 cm³/mol. The van der Waals surface area contributed by atoms with Crippen LogP contribution < -0.4 is 5.73 Å². The number of nitrogens with zero attached hydrogens (tertiary/aromatic N) is 5. The molecular formula is C21H24N6OS. The van der Waals surface area contributed by atoms with Crippen molar-refractivity contribution in [3.8, 4) is 0 Å². The van der Waals surface area contributed by atoms with Crippen LogP contribution in [0.15, 0.2) is 42.0 Å². The Bertz CT molecular complexity index is 1010. The van der Waals surface area contributed by atoms with Gasteiger partial charge in [0.2, 0.25) is 5.91 Å². The average Bonchev–Trinajstić information content (AvgIpc) is 3.42. The van der Waals surface area contributed by atoms with Crippen LogP contribution in [0.3, 0.4) is 0 Å². The number of aromatic nitrogens is 4. The number of piperidine rings is 1. The first-order valence-corrected chi connectivity index (χ1v) is 11.0. The molecular weight excluding hydrogens is 384 g/mol. The summed E-state index contributed by atoms with van der Waals surface area (Å²) in [5.41, 5.74) is 8.06. The van der Waals surface area contributed by atoms with Gasteiger partial charge in [0.1, 0.15) is 12.2 Å². The second kappa shape index (κ2) is 7.26. The quantitative estimate of drug-likeness (QED) is 0.719. The first-order valence-electron chi connectivity index (χ1n) is 10.1. The summed E-state index contributed by atoms with van der Waals surface area (Å²) in [6, 6.07) is 10.5. The van der Waals surface area contributed by atoms with Crippen LogP contribution >= 0.6 is 11.3 Å². The van der Waals surface area contributed by atoms with E-state index < -0.39 is 0 Å². The molecule has 0 saturated carbocycles. The Morgan fingerprint density at radius 2 is 1.97 bits per heavy atom. The summed E-state index contributed by atoms with van der Waals surface area (Å²) in [5, 5.41) is 6.89. The smallest absolute Gasteiger partial charge is 0.226 e. The molecule has 29 heavy (non-hydrogen) atoms. The Morgan fingerprint density at radius 1 is 1.17 bits per heavy atom. The number of hydrogen-bond donors (Lipinski definition) is 1. The normalized spacial score (nSPS) is 21.0. The van der Waals surface area contributed by atoms with E-state index in [1.165, 1.54) is 16.9 Å². The van der Waals surface area contributed by atoms with Crippen molar-refractivity contribution in [1.29, 1.82) is 0 Å². The van der Waals surface area contributed by atoms with Gasteiger partial charge in [0.25, 0.3) is 0 Å². The molecule has 1 unspecified atom stereocenters. The molecule has 1 aromatic carbocycles. The molecule has 0 aliphatic carbocycles. The Morgan fingerprint density at radius 3 is 2.69 bits per heavy atom. The fourth-order valence-corrected chi connectivity index (χ4v) is 5.43. The number of amides is 1. The van der Waals surface area contributed by atoms with E-state index in [2.05, 4.69) is 44.7 Å². The molecule has 0 radical (unpaired) electrons. The summed E-state index contributed by atoms with van der Waals surface area (Å²) >= 11 is 1.49. The summed E-state index contributed by atoms with van der Waals surface area (Å²) in [7, 11) is 0. The molecule has 1 atom stereocenters. The van der Waals surface area contributed by atoms with Gasteiger partial charge in [-0.05, 0) is 24.8 Å². The van der Waals surface area contributed by atoms with Crippen molar-refractivity contribution >= 4 is 22.4 Å². The van der Waals surface area contributed by atoms with Gasteiger partial charge < -0.3 is 10.6 Å². The zero-order chi connectivity index (χ0) is 19.8. The molecule has 1 saturated heterocycles. The van der Waals surface area contributed by atoms with Crippen molar-refractivity contribution in [2.24, 2.45) is 5.92 Å². The molecule has 0 bridgehead atoms. The van der Waals surface area contributed by atoms with Crippen LogP contribution in [0, 0.1) is 5.92 Å². The number of hydrogen-bond acceptors (Lipinski definition) is 6. The van der Waals surface area contributed by atoms with Crippen LogP contribution in [0.2, 0.25) is 0 Å². The van der Waals surface area contributed by atoms with Gasteiger partial charge >= 0.3 is 0 Å². The topological polar surface area (TPSA) is 89.9 Å². The second-order valence-electron chi connectivity index (χ2n) is 7.93. The molecule has 4 heterocycles. The van der Waals surface area contributed by atoms with Crippen molar-refractivity contribution < 1.29 is 4.79 Å². The van der Waals surface area contributed by atoms with Crippen LogP contribution in [-0.4, -0.2) is 43.6 Å². The maximum atomic E-state index is 13.2. The highest BCUT2D eigenvalue weighted by Crippen LogP contribution is 2.42. The van der Waals surface area contributed by atoms with E-state index in [4.69, 9.17) is 5.73 Å². The number of nitrogens with two attached hydrogens (primary N) is 1. The van der Waals surface area contributed by atoms with Gasteiger partial charge in [-0.15, -0.1) is 11.3 Å². The van der Waals surface area contributed by atoms with E-state index in [0.717, 1.165) is 50.4 Å². The number of fused-ring (bicyclic) bond motifs is 1. The van der Waals surface area contributed by atoms with Crippen LogP contribution in [0.1, 0.15) is 36.3 Å². The Kier molecular flexibility index (Phi) is 4.58. The highest BCUT2D eigenvalue weighted by molar-refractivity contribution is 7.13. The van der Waals surface area contributed by atoms with Crippen LogP contribution in [0.4, 0.5) is 5.13 Å². The van der Waals surface area contributed by atoms with Gasteiger partial charge in [0.15, 0.2) is 5.13 Å². The Balaban J connectivity index is 1.35. The summed E-state index contributed by atoms with van der Waals surface area (Å²) in [6.45, 7) is 2.23. The lowest BCUT2D eigenvalue weighted by Crippen LogP contribution is -2.48. The molecule has 8 heteroatoms. The Labute approximate surface area is 173 Å². The zero-order valence-electron chi connectivity index (χ0n) is 16.2. The molecule has 3 aromatic rings. The fraction of sp³-hybridized carbons (Fsp3) is 0.429. The van der Waals surface area contributed by atoms with Gasteiger partial charge in [-0.3, -0.25) is 9.48 Å². The first kappa shape index (κ1) is 18.3. The van der Waals surface area contributed by atoms with Gasteiger partial charge in [-0.25, -0.2) is 9.97 Å². The summed E-state index contributed by atoms with van der Waals surface area (Å²) in [5.74, 6) is 1.17. The monoisotopic (exact) mass is 408 g/mol. The molecule has 2 aliphatic rings. The summed E-state index contributed by atoms with van der Waals surface area (Å²) < 4.78 is 1.91. The number of carbonyl (C=O) groups is 1. The van der Waals surface area contributed by atoms with Crippen LogP contribution in [0.5, 0.6) is 0 Å². The zero-order valence-corrected chi connectivity index (χ0v) is 17.0. The molecule has 0 spiro atoms. The van der Waals surface area contributed by atoms with Gasteiger partial charge in [0.05, 0.1) is 5.69 Å². The molecule has 5 rings (SSSR count). The second-order valence-corrected chi connectivity index (χ2v) is 8.82. The molecule has 1 fully saturated rings. The van der Waals surface area contributed by atoms with Crippen molar-refractivity contribution in [3.63, 3.8) is 0 Å². The van der Waals surface area contributed by atoms with Crippen molar-refractivity contribution in [1.82, 2.24) is 24.6 Å². The van der Waals surface area contributed by atoms with Crippen molar-refractivity contribution in [3.05, 3.63) is 59.1 Å². The van der Waals surface area contributed by atoms with Crippen molar-refractivity contribution in [2.75, 3.05) is 18.8 Å². The van der Waals surface area contributed by atoms with Gasteiger partial charge in [-0.2, -0.15) is 5.10 Å². The maximum Gasteiger partial charge on any atom is 0.226 e. The third kappa shape index (κ3) is 3.21. The molecule has 1 amide bonds. The highest BCUT2D eigenvalue weighted by atomic mass is 32.1. The number of anilines is 1. The largest absolute Gasteiger partial charge is 0.375 e. The standard InChI is InChI=1S/C21H24N6OS/c22-20-25-17(13-29-20)21(16-4-2-1-3-5-16)7-10-26(11-8-21)19(28)15-6-9-27-18(12-15)23-14-24-27/h1-5,13-15H,6-12H2,(H2,22,25). The molecule has 2 aliphatic heterocycles. The third-order valence-electron chi connectivity index (χ3n) is 6.43. The van der Waals surface area contributed by atoms with E-state index >= 15 is 0 Å². The lowest BCUT2D eigenvalue weighted by molar-refractivity contribution is -0.137. The van der Waals surface area contributed by atoms with Crippen LogP contribution in [0.25, 0.3) is 0 Å². The number of nitrogen functional groups attached to an aromatic ring is 1. The lowest BCUT2D eigenvalue weighted by Gasteiger charge is -2.42. The number of rotatable bonds is 3. The molecule has 7 nitrogen and oxygen atoms in total. The first-order chi connectivity index (χ1) is 14.2. The predicted octanol–water partition coefficient (Wildman–Crippen LogP) is 2.49. The van der Waals surface area contributed by atoms with Gasteiger partial charge in [-0.1, -0.05) is 30.3 Å². The average molecular weight is 409 g/mol. The minimum absolute atomic E-state index is 0.00541. The SMILES string of the molecule is Nc1nc(C2(c3ccccc3)CCN(C(=O)C3CCn4ncnc4C3)CC2)cs1. The number of aryl methyl sites for hydroxylation is 1. The summed E-state index contributed by atoms with van der Waals surface area (Å²) in [6.07, 6.45) is 4.81. The Hall–Kier alpha value is -2.74. The minimum atomic E-state index is -0.182. The number of benzene rings is 1. The van der Waals surface area contributed by atoms with Gasteiger partial charge in [0, 0.05) is 42.8 Å².